The third-order valence-corrected chi connectivity index (χ3v) is 3.89. The Morgan fingerprint density at radius 1 is 1.27 bits per heavy atom. The van der Waals surface area contributed by atoms with Gasteiger partial charge in [-0.05, 0) is 30.3 Å². The number of rotatable bonds is 4. The molecule has 0 saturated carbocycles. The Kier molecular flexibility index (Phi) is 4.58. The first-order valence-electron chi connectivity index (χ1n) is 7.76. The Bertz CT molecular complexity index is 1050. The smallest absolute Gasteiger partial charge is 0.270 e. The van der Waals surface area contributed by atoms with Crippen molar-refractivity contribution >= 4 is 28.3 Å². The molecule has 0 aliphatic heterocycles. The van der Waals surface area contributed by atoms with Crippen LogP contribution in [0.2, 0.25) is 0 Å². The van der Waals surface area contributed by atoms with Crippen molar-refractivity contribution in [3.05, 3.63) is 59.8 Å². The van der Waals surface area contributed by atoms with Crippen LogP contribution in [0.4, 0.5) is 5.69 Å². The van der Waals surface area contributed by atoms with Crippen LogP contribution < -0.4 is 10.1 Å². The highest BCUT2D eigenvalue weighted by Gasteiger charge is 2.21. The molecule has 130 valence electrons. The maximum absolute atomic E-state index is 12.4. The summed E-state index contributed by atoms with van der Waals surface area (Å²) in [4.78, 5) is 12.4. The maximum Gasteiger partial charge on any atom is 0.270 e. The van der Waals surface area contributed by atoms with Crippen molar-refractivity contribution in [3.63, 3.8) is 0 Å². The molecule has 7 heteroatoms. The van der Waals surface area contributed by atoms with Crippen molar-refractivity contribution in [2.75, 3.05) is 12.4 Å². The topological polar surface area (TPSA) is 100 Å². The van der Waals surface area contributed by atoms with Crippen LogP contribution in [0.3, 0.4) is 0 Å². The molecule has 0 atom stereocenters. The predicted molar refractivity (Wildman–Crippen MR) is 97.5 cm³/mol. The highest BCUT2D eigenvalue weighted by Crippen LogP contribution is 2.28. The Morgan fingerprint density at radius 2 is 2.00 bits per heavy atom. The summed E-state index contributed by atoms with van der Waals surface area (Å²) in [7, 11) is 3.24. The highest BCUT2D eigenvalue weighted by molar-refractivity contribution is 6.12. The van der Waals surface area contributed by atoms with E-state index >= 15 is 0 Å². The van der Waals surface area contributed by atoms with Gasteiger partial charge in [0.05, 0.1) is 12.6 Å². The second kappa shape index (κ2) is 6.99. The number of para-hydroxylation sites is 1. The third kappa shape index (κ3) is 3.08. The fraction of sp³-hybridized carbons (Fsp3) is 0.105. The number of aryl methyl sites for hydroxylation is 1. The Labute approximate surface area is 149 Å². The average Bonchev–Trinajstić information content (AvgIpc) is 2.99. The molecule has 0 bridgehead atoms. The molecule has 7 nitrogen and oxygen atoms in total. The van der Waals surface area contributed by atoms with E-state index in [2.05, 4.69) is 10.4 Å². The van der Waals surface area contributed by atoms with Crippen molar-refractivity contribution in [1.82, 2.24) is 9.78 Å². The number of aromatic nitrogens is 2. The van der Waals surface area contributed by atoms with Crippen LogP contribution in [0.15, 0.2) is 54.1 Å². The van der Waals surface area contributed by atoms with E-state index in [1.807, 2.05) is 6.07 Å². The minimum Gasteiger partial charge on any atom is -0.504 e. The third-order valence-electron chi connectivity index (χ3n) is 3.89. The Hall–Kier alpha value is -3.79. The quantitative estimate of drug-likeness (QED) is 0.429. The summed E-state index contributed by atoms with van der Waals surface area (Å²) in [6.07, 6.45) is 0. The fourth-order valence-corrected chi connectivity index (χ4v) is 2.59. The van der Waals surface area contributed by atoms with Gasteiger partial charge < -0.3 is 15.2 Å². The number of hydrogen-bond acceptors (Lipinski definition) is 5. The van der Waals surface area contributed by atoms with Crippen molar-refractivity contribution in [2.24, 2.45) is 7.05 Å². The first-order valence-corrected chi connectivity index (χ1v) is 7.76. The number of hydrogen-bond donors (Lipinski definition) is 2. The van der Waals surface area contributed by atoms with E-state index in [1.54, 1.807) is 60.3 Å². The van der Waals surface area contributed by atoms with E-state index < -0.39 is 17.2 Å². The molecule has 3 rings (SSSR count). The lowest BCUT2D eigenvalue weighted by Crippen LogP contribution is -2.15. The van der Waals surface area contributed by atoms with Gasteiger partial charge in [0, 0.05) is 18.1 Å². The Balaban J connectivity index is 2.07. The van der Waals surface area contributed by atoms with Crippen LogP contribution in [0.25, 0.3) is 16.7 Å². The van der Waals surface area contributed by atoms with Gasteiger partial charge in [-0.1, -0.05) is 18.2 Å². The summed E-state index contributed by atoms with van der Waals surface area (Å²) in [5.74, 6) is -0.621. The molecule has 0 aliphatic carbocycles. The molecule has 1 aromatic heterocycles. The van der Waals surface area contributed by atoms with E-state index in [9.17, 15) is 15.2 Å². The molecule has 0 spiro atoms. The molecule has 0 fully saturated rings. The molecule has 2 N–H and O–H groups in total. The number of anilines is 1. The number of nitriles is 1. The standard InChI is InChI=1S/C19H16N4O3/c1-23-16-9-8-13(26-2)10-14(16)17(22-23)18(24)15(11-20)19(25)21-12-6-4-3-5-7-12/h3-10,24H,1-2H3,(H,21,25)/b18-15-. The molecule has 3 aromatic rings. The zero-order chi connectivity index (χ0) is 18.7. The molecule has 0 unspecified atom stereocenters. The summed E-state index contributed by atoms with van der Waals surface area (Å²) < 4.78 is 6.76. The van der Waals surface area contributed by atoms with Gasteiger partial charge in [-0.2, -0.15) is 10.4 Å². The summed E-state index contributed by atoms with van der Waals surface area (Å²) in [6, 6.07) is 15.7. The van der Waals surface area contributed by atoms with Gasteiger partial charge >= 0.3 is 0 Å². The number of carbonyl (C=O) groups is 1. The van der Waals surface area contributed by atoms with Crippen LogP contribution in [0.5, 0.6) is 5.75 Å². The van der Waals surface area contributed by atoms with Crippen LogP contribution in [-0.2, 0) is 11.8 Å². The monoisotopic (exact) mass is 348 g/mol. The summed E-state index contributed by atoms with van der Waals surface area (Å²) >= 11 is 0. The number of carbonyl (C=O) groups excluding carboxylic acids is 1. The number of nitrogens with one attached hydrogen (secondary N) is 1. The lowest BCUT2D eigenvalue weighted by Gasteiger charge is -2.05. The number of amides is 1. The second-order valence-corrected chi connectivity index (χ2v) is 5.51. The largest absolute Gasteiger partial charge is 0.504 e. The van der Waals surface area contributed by atoms with E-state index in [0.717, 1.165) is 5.52 Å². The fourth-order valence-electron chi connectivity index (χ4n) is 2.59. The minimum absolute atomic E-state index is 0.140. The van der Waals surface area contributed by atoms with Crippen LogP contribution >= 0.6 is 0 Å². The van der Waals surface area contributed by atoms with Gasteiger partial charge in [0.15, 0.2) is 11.3 Å². The number of nitrogens with zero attached hydrogens (tertiary/aromatic N) is 3. The maximum atomic E-state index is 12.4. The summed E-state index contributed by atoms with van der Waals surface area (Å²) in [6.45, 7) is 0. The zero-order valence-electron chi connectivity index (χ0n) is 14.2. The first kappa shape index (κ1) is 17.0. The van der Waals surface area contributed by atoms with Gasteiger partial charge in [-0.25, -0.2) is 0 Å². The van der Waals surface area contributed by atoms with Gasteiger partial charge in [0.1, 0.15) is 17.5 Å². The van der Waals surface area contributed by atoms with Crippen molar-refractivity contribution in [3.8, 4) is 11.8 Å². The predicted octanol–water partition coefficient (Wildman–Crippen LogP) is 3.01. The average molecular weight is 348 g/mol. The van der Waals surface area contributed by atoms with E-state index in [4.69, 9.17) is 4.74 Å². The molecule has 26 heavy (non-hydrogen) atoms. The van der Waals surface area contributed by atoms with Gasteiger partial charge in [0.25, 0.3) is 5.91 Å². The summed E-state index contributed by atoms with van der Waals surface area (Å²) in [5.41, 5.74) is 0.969. The van der Waals surface area contributed by atoms with Crippen LogP contribution in [0.1, 0.15) is 5.69 Å². The number of aliphatic hydroxyl groups is 1. The molecular formula is C19H16N4O3. The molecular weight excluding hydrogens is 332 g/mol. The van der Waals surface area contributed by atoms with Gasteiger partial charge in [0.2, 0.25) is 0 Å². The molecule has 1 amide bonds. The van der Waals surface area contributed by atoms with E-state index in [1.165, 1.54) is 7.11 Å². The molecule has 0 radical (unpaired) electrons. The van der Waals surface area contributed by atoms with Crippen LogP contribution in [-0.4, -0.2) is 27.9 Å². The minimum atomic E-state index is -0.710. The lowest BCUT2D eigenvalue weighted by atomic mass is 10.1. The number of fused-ring (bicyclic) bond motifs is 1. The van der Waals surface area contributed by atoms with E-state index in [0.29, 0.717) is 16.8 Å². The Morgan fingerprint density at radius 3 is 2.65 bits per heavy atom. The highest BCUT2D eigenvalue weighted by atomic mass is 16.5. The second-order valence-electron chi connectivity index (χ2n) is 5.51. The van der Waals surface area contributed by atoms with Crippen molar-refractivity contribution in [2.45, 2.75) is 0 Å². The number of aliphatic hydroxyl groups excluding tert-OH is 1. The summed E-state index contributed by atoms with van der Waals surface area (Å²) in [5, 5.41) is 27.4. The zero-order valence-corrected chi connectivity index (χ0v) is 14.2. The molecule has 1 heterocycles. The van der Waals surface area contributed by atoms with E-state index in [-0.39, 0.29) is 5.69 Å². The van der Waals surface area contributed by atoms with Crippen molar-refractivity contribution in [1.29, 1.82) is 5.26 Å². The first-order chi connectivity index (χ1) is 12.5. The molecule has 0 saturated heterocycles. The number of ether oxygens (including phenoxy) is 1. The van der Waals surface area contributed by atoms with Gasteiger partial charge in [-0.3, -0.25) is 9.48 Å². The van der Waals surface area contributed by atoms with Crippen LogP contribution in [0, 0.1) is 11.3 Å². The number of methoxy groups -OCH3 is 1. The molecule has 2 aromatic carbocycles. The molecule has 0 aliphatic rings. The SMILES string of the molecule is COc1ccc2c(c1)c(/C(O)=C(\C#N)C(=O)Nc1ccccc1)nn2C. The normalized spacial score (nSPS) is 11.6. The lowest BCUT2D eigenvalue weighted by molar-refractivity contribution is -0.112. The van der Waals surface area contributed by atoms with Gasteiger partial charge in [-0.15, -0.1) is 0 Å². The number of benzene rings is 2. The van der Waals surface area contributed by atoms with Crippen molar-refractivity contribution < 1.29 is 14.6 Å².